The molecule has 20 heavy (non-hydrogen) atoms. The Balaban J connectivity index is 2.55. The number of carbonyl (C=O) groups excluding carboxylic acids is 1. The van der Waals surface area contributed by atoms with Gasteiger partial charge in [0.1, 0.15) is 17.3 Å². The number of aryl methyl sites for hydroxylation is 1. The molecule has 0 aliphatic rings. The molecule has 0 radical (unpaired) electrons. The van der Waals surface area contributed by atoms with Gasteiger partial charge in [-0.3, -0.25) is 9.48 Å². The zero-order valence-electron chi connectivity index (χ0n) is 10.5. The number of aromatic nitrogens is 2. The maximum atomic E-state index is 13.9. The van der Waals surface area contributed by atoms with E-state index in [4.69, 9.17) is 0 Å². The van der Waals surface area contributed by atoms with E-state index >= 15 is 0 Å². The number of ketones is 1. The summed E-state index contributed by atoms with van der Waals surface area (Å²) in [7, 11) is 0. The molecule has 2 rings (SSSR count). The van der Waals surface area contributed by atoms with Crippen LogP contribution in [0.5, 0.6) is 0 Å². The number of carbonyl (C=O) groups is 1. The summed E-state index contributed by atoms with van der Waals surface area (Å²) in [6.45, 7) is 2.41. The minimum Gasteiger partial charge on any atom is -0.287 e. The molecule has 0 aliphatic heterocycles. The molecule has 0 amide bonds. The van der Waals surface area contributed by atoms with E-state index in [2.05, 4.69) is 37.0 Å². The Morgan fingerprint density at radius 2 is 1.90 bits per heavy atom. The average molecular weight is 408 g/mol. The van der Waals surface area contributed by atoms with Crippen molar-refractivity contribution in [2.24, 2.45) is 0 Å². The van der Waals surface area contributed by atoms with E-state index in [0.29, 0.717) is 11.0 Å². The summed E-state index contributed by atoms with van der Waals surface area (Å²) in [5, 5.41) is 4.02. The van der Waals surface area contributed by atoms with Crippen molar-refractivity contribution in [3.05, 3.63) is 50.2 Å². The number of rotatable bonds is 4. The Morgan fingerprint density at radius 1 is 1.30 bits per heavy atom. The monoisotopic (exact) mass is 406 g/mol. The van der Waals surface area contributed by atoms with Gasteiger partial charge in [-0.25, -0.2) is 8.78 Å². The zero-order chi connectivity index (χ0) is 14.9. The van der Waals surface area contributed by atoms with Crippen LogP contribution in [-0.2, 0) is 6.54 Å². The van der Waals surface area contributed by atoms with E-state index in [0.717, 1.165) is 18.6 Å². The van der Waals surface area contributed by atoms with Gasteiger partial charge >= 0.3 is 0 Å². The number of hydrogen-bond donors (Lipinski definition) is 0. The third-order valence-electron chi connectivity index (χ3n) is 2.68. The largest absolute Gasteiger partial charge is 0.287 e. The summed E-state index contributed by atoms with van der Waals surface area (Å²) in [5.41, 5.74) is -0.432. The van der Waals surface area contributed by atoms with E-state index in [1.807, 2.05) is 6.92 Å². The molecule has 3 nitrogen and oxygen atoms in total. The van der Waals surface area contributed by atoms with Crippen LogP contribution in [0.4, 0.5) is 8.78 Å². The first-order chi connectivity index (χ1) is 9.45. The summed E-state index contributed by atoms with van der Waals surface area (Å²) in [6, 6.07) is 2.12. The fraction of sp³-hybridized carbons (Fsp3) is 0.231. The van der Waals surface area contributed by atoms with Crippen LogP contribution < -0.4 is 0 Å². The first-order valence-corrected chi connectivity index (χ1v) is 7.44. The molecular weight excluding hydrogens is 398 g/mol. The van der Waals surface area contributed by atoms with Gasteiger partial charge in [0.15, 0.2) is 0 Å². The molecule has 0 N–H and O–H groups in total. The van der Waals surface area contributed by atoms with E-state index < -0.39 is 23.0 Å². The maximum absolute atomic E-state index is 13.9. The van der Waals surface area contributed by atoms with Gasteiger partial charge in [0, 0.05) is 11.0 Å². The molecule has 7 heteroatoms. The van der Waals surface area contributed by atoms with Crippen LogP contribution >= 0.6 is 31.9 Å². The van der Waals surface area contributed by atoms with Crippen molar-refractivity contribution < 1.29 is 13.6 Å². The van der Waals surface area contributed by atoms with Crippen molar-refractivity contribution in [3.8, 4) is 0 Å². The summed E-state index contributed by atoms with van der Waals surface area (Å²) in [4.78, 5) is 12.4. The third-order valence-corrected chi connectivity index (χ3v) is 3.72. The Kier molecular flexibility index (Phi) is 4.70. The average Bonchev–Trinajstić information content (AvgIpc) is 2.69. The van der Waals surface area contributed by atoms with E-state index in [1.165, 1.54) is 10.9 Å². The molecule has 0 aliphatic carbocycles. The summed E-state index contributed by atoms with van der Waals surface area (Å²) >= 11 is 6.17. The molecule has 0 unspecified atom stereocenters. The summed E-state index contributed by atoms with van der Waals surface area (Å²) in [6.07, 6.45) is 2.19. The van der Waals surface area contributed by atoms with Crippen molar-refractivity contribution in [2.75, 3.05) is 0 Å². The molecule has 1 aromatic heterocycles. The highest BCUT2D eigenvalue weighted by atomic mass is 79.9. The molecule has 0 saturated carbocycles. The van der Waals surface area contributed by atoms with Crippen LogP contribution in [0.2, 0.25) is 0 Å². The van der Waals surface area contributed by atoms with Gasteiger partial charge in [0.25, 0.3) is 0 Å². The van der Waals surface area contributed by atoms with Gasteiger partial charge in [-0.2, -0.15) is 5.10 Å². The van der Waals surface area contributed by atoms with Crippen molar-refractivity contribution in [2.45, 2.75) is 19.9 Å². The van der Waals surface area contributed by atoms with Crippen LogP contribution in [0.25, 0.3) is 0 Å². The van der Waals surface area contributed by atoms with Crippen LogP contribution in [0.3, 0.4) is 0 Å². The minimum absolute atomic E-state index is 0.145. The Labute approximate surface area is 131 Å². The highest BCUT2D eigenvalue weighted by Gasteiger charge is 2.25. The van der Waals surface area contributed by atoms with Crippen LogP contribution in [-0.4, -0.2) is 15.6 Å². The normalized spacial score (nSPS) is 10.8. The first kappa shape index (κ1) is 15.3. The lowest BCUT2D eigenvalue weighted by atomic mass is 10.1. The second kappa shape index (κ2) is 6.13. The van der Waals surface area contributed by atoms with E-state index in [-0.39, 0.29) is 10.2 Å². The molecule has 0 saturated heterocycles. The van der Waals surface area contributed by atoms with Gasteiger partial charge in [-0.05, 0) is 34.5 Å². The fourth-order valence-electron chi connectivity index (χ4n) is 1.85. The Morgan fingerprint density at radius 3 is 2.45 bits per heavy atom. The lowest BCUT2D eigenvalue weighted by molar-refractivity contribution is 0.102. The standard InChI is InChI=1S/C13H10Br2F2N2O/c1-2-3-19-12(8(15)6-18-19)13(20)11-9(16)4-7(14)5-10(11)17/h4-6H,2-3H2,1H3. The van der Waals surface area contributed by atoms with Crippen molar-refractivity contribution in [1.29, 1.82) is 0 Å². The molecule has 0 fully saturated rings. The van der Waals surface area contributed by atoms with Gasteiger partial charge in [0.2, 0.25) is 5.78 Å². The second-order valence-corrected chi connectivity index (χ2v) is 5.91. The predicted octanol–water partition coefficient (Wildman–Crippen LogP) is 4.33. The molecular formula is C13H10Br2F2N2O. The lowest BCUT2D eigenvalue weighted by Gasteiger charge is -2.08. The van der Waals surface area contributed by atoms with Crippen LogP contribution in [0.15, 0.2) is 27.3 Å². The van der Waals surface area contributed by atoms with E-state index in [1.54, 1.807) is 0 Å². The fourth-order valence-corrected chi connectivity index (χ4v) is 2.73. The molecule has 0 spiro atoms. The predicted molar refractivity (Wildman–Crippen MR) is 77.7 cm³/mol. The first-order valence-electron chi connectivity index (χ1n) is 5.86. The molecule has 106 valence electrons. The second-order valence-electron chi connectivity index (χ2n) is 4.14. The molecule has 1 heterocycles. The quantitative estimate of drug-likeness (QED) is 0.707. The molecule has 0 bridgehead atoms. The molecule has 1 aromatic carbocycles. The molecule has 0 atom stereocenters. The topological polar surface area (TPSA) is 34.9 Å². The zero-order valence-corrected chi connectivity index (χ0v) is 13.6. The lowest BCUT2D eigenvalue weighted by Crippen LogP contribution is -2.15. The van der Waals surface area contributed by atoms with Gasteiger partial charge in [-0.15, -0.1) is 0 Å². The maximum Gasteiger partial charge on any atom is 0.218 e. The van der Waals surface area contributed by atoms with Crippen LogP contribution in [0.1, 0.15) is 29.4 Å². The third kappa shape index (κ3) is 2.83. The highest BCUT2D eigenvalue weighted by Crippen LogP contribution is 2.25. The number of hydrogen-bond acceptors (Lipinski definition) is 2. The van der Waals surface area contributed by atoms with Gasteiger partial charge < -0.3 is 0 Å². The summed E-state index contributed by atoms with van der Waals surface area (Å²) < 4.78 is 29.8. The number of halogens is 4. The van der Waals surface area contributed by atoms with E-state index in [9.17, 15) is 13.6 Å². The summed E-state index contributed by atoms with van der Waals surface area (Å²) in [5.74, 6) is -2.54. The SMILES string of the molecule is CCCn1ncc(Br)c1C(=O)c1c(F)cc(Br)cc1F. The van der Waals surface area contributed by atoms with Gasteiger partial charge in [-0.1, -0.05) is 22.9 Å². The highest BCUT2D eigenvalue weighted by molar-refractivity contribution is 9.10. The number of nitrogens with zero attached hydrogens (tertiary/aromatic N) is 2. The van der Waals surface area contributed by atoms with Crippen molar-refractivity contribution >= 4 is 37.6 Å². The van der Waals surface area contributed by atoms with Crippen molar-refractivity contribution in [3.63, 3.8) is 0 Å². The van der Waals surface area contributed by atoms with Gasteiger partial charge in [0.05, 0.1) is 16.2 Å². The Hall–Kier alpha value is -1.08. The van der Waals surface area contributed by atoms with Crippen molar-refractivity contribution in [1.82, 2.24) is 9.78 Å². The minimum atomic E-state index is -0.905. The smallest absolute Gasteiger partial charge is 0.218 e. The number of benzene rings is 1. The Bertz CT molecular complexity index is 647. The van der Waals surface area contributed by atoms with Crippen LogP contribution in [0, 0.1) is 11.6 Å². The molecule has 2 aromatic rings.